The summed E-state index contributed by atoms with van der Waals surface area (Å²) in [5.74, 6) is 0. The molecule has 0 aliphatic carbocycles. The van der Waals surface area contributed by atoms with Crippen molar-refractivity contribution < 1.29 is 13.9 Å². The van der Waals surface area contributed by atoms with E-state index in [9.17, 15) is 13.9 Å². The van der Waals surface area contributed by atoms with Crippen molar-refractivity contribution in [2.75, 3.05) is 0 Å². The summed E-state index contributed by atoms with van der Waals surface area (Å²) in [6.45, 7) is 1.43. The van der Waals surface area contributed by atoms with Crippen molar-refractivity contribution in [1.82, 2.24) is 0 Å². The first-order valence-electron chi connectivity index (χ1n) is 3.78. The average molecular weight is 207 g/mol. The van der Waals surface area contributed by atoms with Crippen LogP contribution in [0.4, 0.5) is 8.78 Å². The van der Waals surface area contributed by atoms with Crippen LogP contribution in [0.5, 0.6) is 0 Å². The second kappa shape index (κ2) is 4.03. The lowest BCUT2D eigenvalue weighted by Gasteiger charge is -2.11. The zero-order chi connectivity index (χ0) is 10.0. The molecule has 72 valence electrons. The Bertz CT molecular complexity index is 300. The van der Waals surface area contributed by atoms with Crippen molar-refractivity contribution in [2.45, 2.75) is 19.5 Å². The van der Waals surface area contributed by atoms with E-state index in [0.29, 0.717) is 5.02 Å². The maximum Gasteiger partial charge on any atom is 0.264 e. The van der Waals surface area contributed by atoms with Crippen LogP contribution in [0, 0.1) is 0 Å². The molecular weight excluding hydrogens is 198 g/mol. The van der Waals surface area contributed by atoms with Gasteiger partial charge >= 0.3 is 0 Å². The lowest BCUT2D eigenvalue weighted by Crippen LogP contribution is -1.98. The Balaban J connectivity index is 3.19. The molecule has 13 heavy (non-hydrogen) atoms. The molecule has 0 bridgehead atoms. The molecule has 0 heterocycles. The molecule has 0 saturated heterocycles. The molecular formula is C9H9ClF2O. The van der Waals surface area contributed by atoms with Crippen molar-refractivity contribution in [2.24, 2.45) is 0 Å². The molecule has 0 radical (unpaired) electrons. The average Bonchev–Trinajstić information content (AvgIpc) is 2.03. The van der Waals surface area contributed by atoms with Gasteiger partial charge in [0.1, 0.15) is 0 Å². The molecule has 1 aromatic rings. The molecule has 1 N–H and O–H groups in total. The quantitative estimate of drug-likeness (QED) is 0.787. The van der Waals surface area contributed by atoms with Gasteiger partial charge in [-0.15, -0.1) is 0 Å². The van der Waals surface area contributed by atoms with E-state index in [0.717, 1.165) is 0 Å². The molecule has 1 rings (SSSR count). The molecule has 0 spiro atoms. The normalized spacial score (nSPS) is 13.4. The first-order valence-corrected chi connectivity index (χ1v) is 4.15. The van der Waals surface area contributed by atoms with Gasteiger partial charge in [0.15, 0.2) is 0 Å². The Morgan fingerprint density at radius 1 is 1.31 bits per heavy atom. The number of hydrogen-bond donors (Lipinski definition) is 1. The Kier molecular flexibility index (Phi) is 3.22. The van der Waals surface area contributed by atoms with Gasteiger partial charge in [-0.05, 0) is 24.6 Å². The summed E-state index contributed by atoms with van der Waals surface area (Å²) < 4.78 is 24.7. The Hall–Kier alpha value is -0.670. The summed E-state index contributed by atoms with van der Waals surface area (Å²) in [7, 11) is 0. The molecule has 1 atom stereocenters. The number of aliphatic hydroxyl groups excluding tert-OH is 1. The second-order valence-corrected chi connectivity index (χ2v) is 3.19. The first kappa shape index (κ1) is 10.4. The minimum absolute atomic E-state index is 0.167. The van der Waals surface area contributed by atoms with E-state index in [2.05, 4.69) is 0 Å². The van der Waals surface area contributed by atoms with E-state index in [4.69, 9.17) is 11.6 Å². The van der Waals surface area contributed by atoms with Crippen LogP contribution in [0.3, 0.4) is 0 Å². The smallest absolute Gasteiger partial charge is 0.264 e. The van der Waals surface area contributed by atoms with Crippen LogP contribution >= 0.6 is 11.6 Å². The molecule has 1 nitrogen and oxygen atoms in total. The largest absolute Gasteiger partial charge is 0.389 e. The van der Waals surface area contributed by atoms with Crippen LogP contribution in [-0.2, 0) is 0 Å². The Morgan fingerprint density at radius 3 is 2.38 bits per heavy atom. The molecule has 0 amide bonds. The molecule has 0 saturated carbocycles. The van der Waals surface area contributed by atoms with Gasteiger partial charge in [0.25, 0.3) is 6.43 Å². The lowest BCUT2D eigenvalue weighted by atomic mass is 10.0. The highest BCUT2D eigenvalue weighted by Crippen LogP contribution is 2.29. The molecule has 1 unspecified atom stereocenters. The zero-order valence-corrected chi connectivity index (χ0v) is 7.72. The summed E-state index contributed by atoms with van der Waals surface area (Å²) in [4.78, 5) is 0. The highest BCUT2D eigenvalue weighted by molar-refractivity contribution is 6.30. The number of rotatable bonds is 2. The maximum atomic E-state index is 12.4. The van der Waals surface area contributed by atoms with Crippen LogP contribution < -0.4 is 0 Å². The maximum absolute atomic E-state index is 12.4. The third kappa shape index (κ3) is 2.39. The number of benzene rings is 1. The van der Waals surface area contributed by atoms with Crippen LogP contribution in [0.1, 0.15) is 30.6 Å². The summed E-state index contributed by atoms with van der Waals surface area (Å²) in [5.41, 5.74) is 0.0156. The van der Waals surface area contributed by atoms with E-state index in [1.807, 2.05) is 0 Å². The Labute approximate surface area is 80.0 Å². The van der Waals surface area contributed by atoms with Crippen molar-refractivity contribution in [1.29, 1.82) is 0 Å². The molecule has 0 aliphatic rings. The molecule has 0 aromatic heterocycles. The third-order valence-corrected chi connectivity index (χ3v) is 1.97. The summed E-state index contributed by atoms with van der Waals surface area (Å²) in [5, 5.41) is 9.53. The fraction of sp³-hybridized carbons (Fsp3) is 0.333. The lowest BCUT2D eigenvalue weighted by molar-refractivity contribution is 0.140. The molecule has 0 fully saturated rings. The van der Waals surface area contributed by atoms with Gasteiger partial charge in [-0.1, -0.05) is 17.7 Å². The zero-order valence-electron chi connectivity index (χ0n) is 6.97. The highest BCUT2D eigenvalue weighted by atomic mass is 35.5. The SMILES string of the molecule is CC(O)c1cc(Cl)ccc1C(F)F. The minimum Gasteiger partial charge on any atom is -0.389 e. The molecule has 0 aliphatic heterocycles. The van der Waals surface area contributed by atoms with Crippen molar-refractivity contribution in [3.8, 4) is 0 Å². The monoisotopic (exact) mass is 206 g/mol. The van der Waals surface area contributed by atoms with E-state index >= 15 is 0 Å². The van der Waals surface area contributed by atoms with Crippen LogP contribution in [0.15, 0.2) is 18.2 Å². The van der Waals surface area contributed by atoms with Crippen molar-refractivity contribution in [3.63, 3.8) is 0 Å². The van der Waals surface area contributed by atoms with E-state index < -0.39 is 12.5 Å². The van der Waals surface area contributed by atoms with Crippen molar-refractivity contribution >= 4 is 11.6 Å². The van der Waals surface area contributed by atoms with Gasteiger partial charge in [0.05, 0.1) is 6.10 Å². The van der Waals surface area contributed by atoms with E-state index in [1.54, 1.807) is 0 Å². The predicted molar refractivity (Wildman–Crippen MR) is 47.0 cm³/mol. The van der Waals surface area contributed by atoms with Gasteiger partial charge in [-0.2, -0.15) is 0 Å². The van der Waals surface area contributed by atoms with Crippen molar-refractivity contribution in [3.05, 3.63) is 34.3 Å². The second-order valence-electron chi connectivity index (χ2n) is 2.75. The van der Waals surface area contributed by atoms with Crippen LogP contribution in [0.2, 0.25) is 5.02 Å². The van der Waals surface area contributed by atoms with Gasteiger partial charge in [-0.3, -0.25) is 0 Å². The fourth-order valence-corrected chi connectivity index (χ4v) is 1.29. The van der Waals surface area contributed by atoms with Gasteiger partial charge in [0.2, 0.25) is 0 Å². The molecule has 4 heteroatoms. The topological polar surface area (TPSA) is 20.2 Å². The first-order chi connectivity index (χ1) is 6.02. The van der Waals surface area contributed by atoms with E-state index in [-0.39, 0.29) is 11.1 Å². The van der Waals surface area contributed by atoms with Crippen LogP contribution in [-0.4, -0.2) is 5.11 Å². The van der Waals surface area contributed by atoms with Gasteiger partial charge < -0.3 is 5.11 Å². The molecule has 1 aromatic carbocycles. The fourth-order valence-electron chi connectivity index (χ4n) is 1.11. The summed E-state index contributed by atoms with van der Waals surface area (Å²) >= 11 is 5.61. The minimum atomic E-state index is -2.58. The predicted octanol–water partition coefficient (Wildman–Crippen LogP) is 3.33. The van der Waals surface area contributed by atoms with Gasteiger partial charge in [0, 0.05) is 10.6 Å². The Morgan fingerprint density at radius 2 is 1.92 bits per heavy atom. The van der Waals surface area contributed by atoms with E-state index in [1.165, 1.54) is 25.1 Å². The number of aliphatic hydroxyl groups is 1. The standard InChI is InChI=1S/C9H9ClF2O/c1-5(13)8-4-6(10)2-3-7(8)9(11)12/h2-5,9,13H,1H3. The number of alkyl halides is 2. The summed E-state index contributed by atoms with van der Waals surface area (Å²) in [6, 6.07) is 3.97. The number of halogens is 3. The van der Waals surface area contributed by atoms with Crippen LogP contribution in [0.25, 0.3) is 0 Å². The highest BCUT2D eigenvalue weighted by Gasteiger charge is 2.15. The number of hydrogen-bond acceptors (Lipinski definition) is 1. The summed E-state index contributed by atoms with van der Waals surface area (Å²) in [6.07, 6.45) is -3.51. The van der Waals surface area contributed by atoms with Gasteiger partial charge in [-0.25, -0.2) is 8.78 Å². The third-order valence-electron chi connectivity index (χ3n) is 1.73.